The van der Waals surface area contributed by atoms with Gasteiger partial charge in [0.05, 0.1) is 30.0 Å². The van der Waals surface area contributed by atoms with Crippen LogP contribution in [0, 0.1) is 5.41 Å². The van der Waals surface area contributed by atoms with Gasteiger partial charge in [0, 0.05) is 24.4 Å². The van der Waals surface area contributed by atoms with Gasteiger partial charge in [-0.1, -0.05) is 37.3 Å². The van der Waals surface area contributed by atoms with Crippen LogP contribution in [0.2, 0.25) is 0 Å². The van der Waals surface area contributed by atoms with Gasteiger partial charge in [0.15, 0.2) is 0 Å². The van der Waals surface area contributed by atoms with E-state index < -0.39 is 0 Å². The van der Waals surface area contributed by atoms with Crippen LogP contribution in [0.5, 0.6) is 0 Å². The van der Waals surface area contributed by atoms with Gasteiger partial charge in [0.1, 0.15) is 0 Å². The molecule has 3 aliphatic rings. The Labute approximate surface area is 177 Å². The summed E-state index contributed by atoms with van der Waals surface area (Å²) in [6.45, 7) is 3.98. The molecule has 3 heterocycles. The molecule has 0 spiro atoms. The van der Waals surface area contributed by atoms with Gasteiger partial charge in [0.25, 0.3) is 5.91 Å². The van der Waals surface area contributed by atoms with Crippen molar-refractivity contribution in [2.75, 3.05) is 0 Å². The highest BCUT2D eigenvalue weighted by atomic mass is 16.2. The van der Waals surface area contributed by atoms with Gasteiger partial charge < -0.3 is 9.80 Å². The Balaban J connectivity index is 1.59. The summed E-state index contributed by atoms with van der Waals surface area (Å²) >= 11 is 0. The molecule has 2 amide bonds. The lowest BCUT2D eigenvalue weighted by Crippen LogP contribution is -2.62. The first-order valence-corrected chi connectivity index (χ1v) is 10.9. The Kier molecular flexibility index (Phi) is 4.60. The number of likely N-dealkylation sites (tertiary alicyclic amines) is 2. The summed E-state index contributed by atoms with van der Waals surface area (Å²) in [6.07, 6.45) is 7.90. The van der Waals surface area contributed by atoms with E-state index >= 15 is 0 Å². The Morgan fingerprint density at radius 1 is 1.07 bits per heavy atom. The Bertz CT molecular complexity index is 950. The first kappa shape index (κ1) is 19.2. The maximum atomic E-state index is 13.7. The van der Waals surface area contributed by atoms with Gasteiger partial charge in [-0.2, -0.15) is 10.2 Å². The van der Waals surface area contributed by atoms with Crippen molar-refractivity contribution >= 4 is 11.8 Å². The summed E-state index contributed by atoms with van der Waals surface area (Å²) in [4.78, 5) is 30.8. The highest BCUT2D eigenvalue weighted by molar-refractivity contribution is 5.95. The summed E-state index contributed by atoms with van der Waals surface area (Å²) in [5.74, 6) is 0.144. The molecule has 1 aromatic heterocycles. The fraction of sp³-hybridized carbons (Fsp3) is 0.500. The minimum atomic E-state index is -0.0576. The van der Waals surface area contributed by atoms with Gasteiger partial charge in [0.2, 0.25) is 5.91 Å². The van der Waals surface area contributed by atoms with E-state index in [9.17, 15) is 9.59 Å². The van der Waals surface area contributed by atoms with Crippen molar-refractivity contribution in [3.63, 3.8) is 0 Å². The topological polar surface area (TPSA) is 66.4 Å². The van der Waals surface area contributed by atoms with Crippen molar-refractivity contribution < 1.29 is 9.59 Å². The largest absolute Gasteiger partial charge is 0.334 e. The summed E-state index contributed by atoms with van der Waals surface area (Å²) in [7, 11) is 0. The average Bonchev–Trinajstić information content (AvgIpc) is 3.07. The second-order valence-corrected chi connectivity index (χ2v) is 9.27. The second-order valence-electron chi connectivity index (χ2n) is 9.27. The van der Waals surface area contributed by atoms with E-state index in [1.54, 1.807) is 25.4 Å². The van der Waals surface area contributed by atoms with Crippen LogP contribution in [-0.4, -0.2) is 56.0 Å². The third-order valence-electron chi connectivity index (χ3n) is 7.67. The number of carbonyl (C=O) groups excluding carboxylic acids is 2. The summed E-state index contributed by atoms with van der Waals surface area (Å²) < 4.78 is 0. The van der Waals surface area contributed by atoms with Gasteiger partial charge in [-0.05, 0) is 43.7 Å². The molecule has 6 nitrogen and oxygen atoms in total. The molecule has 2 aromatic rings. The number of hydrogen-bond donors (Lipinski definition) is 0. The van der Waals surface area contributed by atoms with E-state index in [-0.39, 0.29) is 41.4 Å². The summed E-state index contributed by atoms with van der Waals surface area (Å²) in [5.41, 5.74) is 1.73. The minimum absolute atomic E-state index is 0.00942. The molecule has 5 rings (SSSR count). The summed E-state index contributed by atoms with van der Waals surface area (Å²) in [5, 5.41) is 7.76. The standard InChI is InChI=1S/C24H28N4O2/c1-16(29)27-19(13-17-7-4-3-5-8-17)20-14-24(2)21(27)9-6-10-22(24)28(20)23(30)18-11-12-25-26-15-18/h3-5,7-8,11-12,15,19-22H,6,9-10,13-14H2,1-2H3/t19-,20-,21+,22-,24+/m0/s1. The van der Waals surface area contributed by atoms with Crippen molar-refractivity contribution in [1.29, 1.82) is 0 Å². The lowest BCUT2D eigenvalue weighted by molar-refractivity contribution is -0.142. The van der Waals surface area contributed by atoms with Gasteiger partial charge in [-0.15, -0.1) is 0 Å². The monoisotopic (exact) mass is 404 g/mol. The minimum Gasteiger partial charge on any atom is -0.334 e. The molecule has 2 aliphatic heterocycles. The van der Waals surface area contributed by atoms with Crippen LogP contribution in [0.4, 0.5) is 0 Å². The summed E-state index contributed by atoms with van der Waals surface area (Å²) in [6, 6.07) is 12.4. The fourth-order valence-electron chi connectivity index (χ4n) is 6.49. The number of benzene rings is 1. The quantitative estimate of drug-likeness (QED) is 0.789. The lowest BCUT2D eigenvalue weighted by Gasteiger charge is -2.52. The van der Waals surface area contributed by atoms with Crippen LogP contribution in [-0.2, 0) is 11.2 Å². The van der Waals surface area contributed by atoms with Crippen molar-refractivity contribution in [3.8, 4) is 0 Å². The average molecular weight is 405 g/mol. The highest BCUT2D eigenvalue weighted by Crippen LogP contribution is 2.56. The van der Waals surface area contributed by atoms with Gasteiger partial charge in [-0.3, -0.25) is 9.59 Å². The van der Waals surface area contributed by atoms with E-state index in [0.717, 1.165) is 32.1 Å². The smallest absolute Gasteiger partial charge is 0.256 e. The zero-order valence-corrected chi connectivity index (χ0v) is 17.6. The molecule has 0 N–H and O–H groups in total. The van der Waals surface area contributed by atoms with Crippen molar-refractivity contribution in [2.24, 2.45) is 5.41 Å². The SMILES string of the molecule is CC(=O)N1[C@@H](Cc2ccccc2)[C@@H]2C[C@@]3(C)[C@H](CCC[C@@H]13)N2C(=O)c1ccnnc1. The third-order valence-corrected chi connectivity index (χ3v) is 7.67. The Morgan fingerprint density at radius 3 is 2.47 bits per heavy atom. The molecule has 5 atom stereocenters. The number of nitrogens with zero attached hydrogens (tertiary/aromatic N) is 4. The van der Waals surface area contributed by atoms with E-state index in [4.69, 9.17) is 0 Å². The number of hydrogen-bond acceptors (Lipinski definition) is 4. The van der Waals surface area contributed by atoms with Gasteiger partial charge in [-0.25, -0.2) is 0 Å². The van der Waals surface area contributed by atoms with Crippen LogP contribution < -0.4 is 0 Å². The number of aromatic nitrogens is 2. The number of piperidine rings is 1. The van der Waals surface area contributed by atoms with Crippen molar-refractivity contribution in [3.05, 3.63) is 59.9 Å². The predicted molar refractivity (Wildman–Crippen MR) is 113 cm³/mol. The number of amides is 2. The fourth-order valence-corrected chi connectivity index (χ4v) is 6.49. The molecule has 6 heteroatoms. The number of fused-ring (bicyclic) bond motifs is 1. The molecule has 30 heavy (non-hydrogen) atoms. The number of rotatable bonds is 3. The molecular formula is C24H28N4O2. The van der Waals surface area contributed by atoms with E-state index in [1.165, 1.54) is 5.56 Å². The second kappa shape index (κ2) is 7.18. The van der Waals surface area contributed by atoms with Crippen LogP contribution in [0.25, 0.3) is 0 Å². The molecule has 2 saturated heterocycles. The van der Waals surface area contributed by atoms with Crippen LogP contribution >= 0.6 is 0 Å². The first-order valence-electron chi connectivity index (χ1n) is 10.9. The zero-order chi connectivity index (χ0) is 20.9. The molecule has 1 aromatic carbocycles. The maximum Gasteiger partial charge on any atom is 0.256 e. The molecule has 2 bridgehead atoms. The predicted octanol–water partition coefficient (Wildman–Crippen LogP) is 3.09. The highest BCUT2D eigenvalue weighted by Gasteiger charge is 2.64. The van der Waals surface area contributed by atoms with E-state index in [1.807, 2.05) is 18.2 Å². The molecule has 3 fully saturated rings. The molecule has 0 radical (unpaired) electrons. The lowest BCUT2D eigenvalue weighted by atomic mass is 9.64. The molecule has 0 unspecified atom stereocenters. The Morgan fingerprint density at radius 2 is 1.80 bits per heavy atom. The molecule has 1 aliphatic carbocycles. The molecule has 1 saturated carbocycles. The molecule has 156 valence electrons. The molecular weight excluding hydrogens is 376 g/mol. The van der Waals surface area contributed by atoms with Crippen molar-refractivity contribution in [2.45, 2.75) is 70.1 Å². The third kappa shape index (κ3) is 2.84. The zero-order valence-electron chi connectivity index (χ0n) is 17.6. The Hall–Kier alpha value is -2.76. The normalized spacial score (nSPS) is 32.2. The van der Waals surface area contributed by atoms with E-state index in [0.29, 0.717) is 5.56 Å². The van der Waals surface area contributed by atoms with Crippen molar-refractivity contribution in [1.82, 2.24) is 20.0 Å². The van der Waals surface area contributed by atoms with Crippen LogP contribution in [0.15, 0.2) is 48.8 Å². The van der Waals surface area contributed by atoms with Gasteiger partial charge >= 0.3 is 0 Å². The van der Waals surface area contributed by atoms with Crippen LogP contribution in [0.1, 0.15) is 55.5 Å². The number of carbonyl (C=O) groups is 2. The van der Waals surface area contributed by atoms with E-state index in [2.05, 4.69) is 39.1 Å². The maximum absolute atomic E-state index is 13.7. The van der Waals surface area contributed by atoms with Crippen LogP contribution in [0.3, 0.4) is 0 Å². The first-order chi connectivity index (χ1) is 14.5.